The van der Waals surface area contributed by atoms with Crippen molar-refractivity contribution in [3.63, 3.8) is 0 Å². The van der Waals surface area contributed by atoms with Gasteiger partial charge in [0.25, 0.3) is 5.91 Å². The summed E-state index contributed by atoms with van der Waals surface area (Å²) < 4.78 is 11.1. The molecule has 3 aliphatic heterocycles. The van der Waals surface area contributed by atoms with Gasteiger partial charge in [0.1, 0.15) is 11.4 Å². The van der Waals surface area contributed by atoms with Crippen LogP contribution in [0.1, 0.15) is 33.6 Å². The zero-order chi connectivity index (χ0) is 19.9. The summed E-state index contributed by atoms with van der Waals surface area (Å²) in [6.07, 6.45) is 1.83. The van der Waals surface area contributed by atoms with E-state index in [2.05, 4.69) is 4.90 Å². The molecule has 0 radical (unpaired) electrons. The van der Waals surface area contributed by atoms with Crippen LogP contribution >= 0.6 is 0 Å². The van der Waals surface area contributed by atoms with Crippen LogP contribution in [-0.2, 0) is 9.53 Å². The van der Waals surface area contributed by atoms with Crippen LogP contribution in [0.25, 0.3) is 0 Å². The molecule has 0 aromatic heterocycles. The average Bonchev–Trinajstić information content (AvgIpc) is 2.90. The van der Waals surface area contributed by atoms with Gasteiger partial charge in [-0.3, -0.25) is 14.6 Å². The number of anilines is 1. The summed E-state index contributed by atoms with van der Waals surface area (Å²) in [5, 5.41) is 0. The molecule has 7 heteroatoms. The zero-order valence-electron chi connectivity index (χ0n) is 16.9. The van der Waals surface area contributed by atoms with E-state index in [4.69, 9.17) is 9.47 Å². The predicted molar refractivity (Wildman–Crippen MR) is 106 cm³/mol. The molecule has 2 amide bonds. The topological polar surface area (TPSA) is 62.3 Å². The molecule has 3 heterocycles. The van der Waals surface area contributed by atoms with Crippen LogP contribution in [0.15, 0.2) is 24.3 Å². The molecule has 0 saturated carbocycles. The molecule has 3 aliphatic rings. The number of carbonyl (C=O) groups is 2. The first-order valence-electron chi connectivity index (χ1n) is 10.1. The summed E-state index contributed by atoms with van der Waals surface area (Å²) in [7, 11) is 0. The zero-order valence-corrected chi connectivity index (χ0v) is 16.9. The second-order valence-electron chi connectivity index (χ2n) is 8.83. The molecule has 2 saturated heterocycles. The maximum absolute atomic E-state index is 12.6. The quantitative estimate of drug-likeness (QED) is 0.797. The van der Waals surface area contributed by atoms with Gasteiger partial charge in [-0.05, 0) is 45.7 Å². The average molecular weight is 387 g/mol. The van der Waals surface area contributed by atoms with Crippen LogP contribution in [0, 0.1) is 0 Å². The van der Waals surface area contributed by atoms with Gasteiger partial charge in [-0.1, -0.05) is 12.1 Å². The summed E-state index contributed by atoms with van der Waals surface area (Å²) in [5.74, 6) is 0.756. The van der Waals surface area contributed by atoms with Gasteiger partial charge in [0.2, 0.25) is 0 Å². The fourth-order valence-corrected chi connectivity index (χ4v) is 4.43. The monoisotopic (exact) mass is 387 g/mol. The number of nitrogens with zero attached hydrogens (tertiary/aromatic N) is 3. The number of benzene rings is 1. The largest absolute Gasteiger partial charge is 0.482 e. The molecule has 2 bridgehead atoms. The highest BCUT2D eigenvalue weighted by molar-refractivity contribution is 5.97. The van der Waals surface area contributed by atoms with Gasteiger partial charge >= 0.3 is 6.09 Å². The fourth-order valence-electron chi connectivity index (χ4n) is 4.43. The van der Waals surface area contributed by atoms with Gasteiger partial charge in [0.05, 0.1) is 5.69 Å². The third-order valence-corrected chi connectivity index (χ3v) is 5.61. The summed E-state index contributed by atoms with van der Waals surface area (Å²) in [5.41, 5.74) is 0.367. The Morgan fingerprint density at radius 2 is 1.82 bits per heavy atom. The number of hydrogen-bond acceptors (Lipinski definition) is 5. The Morgan fingerprint density at radius 3 is 2.50 bits per heavy atom. The molecule has 2 fully saturated rings. The summed E-state index contributed by atoms with van der Waals surface area (Å²) in [6, 6.07) is 8.06. The highest BCUT2D eigenvalue weighted by Gasteiger charge is 2.44. The van der Waals surface area contributed by atoms with Gasteiger partial charge in [-0.2, -0.15) is 0 Å². The molecule has 28 heavy (non-hydrogen) atoms. The Bertz CT molecular complexity index is 746. The second-order valence-corrected chi connectivity index (χ2v) is 8.83. The van der Waals surface area contributed by atoms with Crippen LogP contribution in [0.3, 0.4) is 0 Å². The van der Waals surface area contributed by atoms with Crippen molar-refractivity contribution in [3.8, 4) is 5.75 Å². The molecule has 4 rings (SSSR count). The number of para-hydroxylation sites is 2. The number of likely N-dealkylation sites (tertiary alicyclic amines) is 1. The molecular weight excluding hydrogens is 358 g/mol. The van der Waals surface area contributed by atoms with E-state index in [1.165, 1.54) is 0 Å². The van der Waals surface area contributed by atoms with Crippen LogP contribution < -0.4 is 9.64 Å². The first-order valence-corrected chi connectivity index (χ1v) is 10.1. The van der Waals surface area contributed by atoms with Crippen molar-refractivity contribution in [1.82, 2.24) is 9.80 Å². The number of fused-ring (bicyclic) bond motifs is 3. The molecule has 0 N–H and O–H groups in total. The first-order chi connectivity index (χ1) is 13.3. The molecule has 0 spiro atoms. The number of rotatable bonds is 3. The standard InChI is InChI=1S/C21H29N3O4/c1-21(2,3)28-20(26)24-15-8-9-16(24)13-22(12-15)10-11-23-17-6-4-5-7-18(17)27-14-19(23)25/h4-7,15-16H,8-14H2,1-3H3/t15-,16+. The van der Waals surface area contributed by atoms with E-state index in [1.807, 2.05) is 54.8 Å². The van der Waals surface area contributed by atoms with Crippen molar-refractivity contribution in [2.45, 2.75) is 51.3 Å². The highest BCUT2D eigenvalue weighted by Crippen LogP contribution is 2.33. The number of hydrogen-bond donors (Lipinski definition) is 0. The third kappa shape index (κ3) is 3.81. The number of piperazine rings is 1. The minimum Gasteiger partial charge on any atom is -0.482 e. The van der Waals surface area contributed by atoms with Gasteiger partial charge in [0, 0.05) is 38.3 Å². The van der Waals surface area contributed by atoms with Crippen molar-refractivity contribution < 1.29 is 19.1 Å². The van der Waals surface area contributed by atoms with Crippen molar-refractivity contribution in [2.75, 3.05) is 37.7 Å². The van der Waals surface area contributed by atoms with Crippen molar-refractivity contribution >= 4 is 17.7 Å². The Balaban J connectivity index is 1.37. The number of amides is 2. The number of carbonyl (C=O) groups excluding carboxylic acids is 2. The Labute approximate surface area is 166 Å². The van der Waals surface area contributed by atoms with Crippen molar-refractivity contribution in [1.29, 1.82) is 0 Å². The maximum Gasteiger partial charge on any atom is 0.410 e. The van der Waals surface area contributed by atoms with Crippen molar-refractivity contribution in [2.24, 2.45) is 0 Å². The highest BCUT2D eigenvalue weighted by atomic mass is 16.6. The van der Waals surface area contributed by atoms with E-state index in [0.29, 0.717) is 6.54 Å². The molecule has 2 atom stereocenters. The van der Waals surface area contributed by atoms with E-state index < -0.39 is 5.60 Å². The summed E-state index contributed by atoms with van der Waals surface area (Å²) in [6.45, 7) is 8.88. The molecule has 7 nitrogen and oxygen atoms in total. The summed E-state index contributed by atoms with van der Waals surface area (Å²) in [4.78, 5) is 31.1. The Morgan fingerprint density at radius 1 is 1.14 bits per heavy atom. The second kappa shape index (κ2) is 7.28. The van der Waals surface area contributed by atoms with E-state index in [1.54, 1.807) is 0 Å². The van der Waals surface area contributed by atoms with Crippen molar-refractivity contribution in [3.05, 3.63) is 24.3 Å². The molecule has 1 aromatic rings. The minimum atomic E-state index is -0.474. The SMILES string of the molecule is CC(C)(C)OC(=O)N1[C@@H]2CC[C@H]1CN(CCN1C(=O)COc3ccccc31)C2. The van der Waals surface area contributed by atoms with E-state index in [-0.39, 0.29) is 30.7 Å². The van der Waals surface area contributed by atoms with E-state index >= 15 is 0 Å². The molecule has 0 unspecified atom stereocenters. The maximum atomic E-state index is 12.6. The van der Waals surface area contributed by atoms with Crippen LogP contribution in [0.2, 0.25) is 0 Å². The van der Waals surface area contributed by atoms with Crippen LogP contribution in [0.4, 0.5) is 10.5 Å². The normalized spacial score (nSPS) is 24.8. The van der Waals surface area contributed by atoms with Gasteiger partial charge < -0.3 is 14.4 Å². The fraction of sp³-hybridized carbons (Fsp3) is 0.619. The lowest BCUT2D eigenvalue weighted by Crippen LogP contribution is -2.57. The lowest BCUT2D eigenvalue weighted by atomic mass is 10.1. The Kier molecular flexibility index (Phi) is 4.95. The molecule has 1 aromatic carbocycles. The Hall–Kier alpha value is -2.28. The van der Waals surface area contributed by atoms with E-state index in [0.717, 1.165) is 43.9 Å². The molecular formula is C21H29N3O4. The predicted octanol–water partition coefficient (Wildman–Crippen LogP) is 2.50. The lowest BCUT2D eigenvalue weighted by molar-refractivity contribution is -0.121. The third-order valence-electron chi connectivity index (χ3n) is 5.61. The minimum absolute atomic E-state index is 0.00550. The lowest BCUT2D eigenvalue weighted by Gasteiger charge is -2.42. The summed E-state index contributed by atoms with van der Waals surface area (Å²) >= 11 is 0. The number of ether oxygens (including phenoxy) is 2. The van der Waals surface area contributed by atoms with E-state index in [9.17, 15) is 9.59 Å². The van der Waals surface area contributed by atoms with Gasteiger partial charge in [-0.25, -0.2) is 4.79 Å². The van der Waals surface area contributed by atoms with Gasteiger partial charge in [-0.15, -0.1) is 0 Å². The van der Waals surface area contributed by atoms with Gasteiger partial charge in [0.15, 0.2) is 6.61 Å². The molecule has 0 aliphatic carbocycles. The van der Waals surface area contributed by atoms with Crippen LogP contribution in [0.5, 0.6) is 5.75 Å². The first kappa shape index (κ1) is 19.1. The van der Waals surface area contributed by atoms with Crippen LogP contribution in [-0.4, -0.2) is 72.3 Å². The smallest absolute Gasteiger partial charge is 0.410 e. The molecule has 152 valence electrons.